The van der Waals surface area contributed by atoms with Gasteiger partial charge in [-0.25, -0.2) is 0 Å². The fraction of sp³-hybridized carbons (Fsp3) is 0.562. The second kappa shape index (κ2) is 6.27. The number of nitrogens with zero attached hydrogens (tertiary/aromatic N) is 1. The number of hydrazine groups is 1. The summed E-state index contributed by atoms with van der Waals surface area (Å²) >= 11 is 0. The smallest absolute Gasteiger partial charge is 0.254 e. The molecule has 0 heterocycles. The molecule has 1 aromatic carbocycles. The Labute approximate surface area is 121 Å². The highest BCUT2D eigenvalue weighted by Crippen LogP contribution is 2.29. The van der Waals surface area contributed by atoms with Gasteiger partial charge in [0.15, 0.2) is 0 Å². The Morgan fingerprint density at radius 3 is 2.65 bits per heavy atom. The van der Waals surface area contributed by atoms with Gasteiger partial charge in [0.25, 0.3) is 5.91 Å². The van der Waals surface area contributed by atoms with E-state index >= 15 is 0 Å². The zero-order valence-electron chi connectivity index (χ0n) is 12.6. The molecule has 0 saturated heterocycles. The van der Waals surface area contributed by atoms with E-state index in [1.165, 1.54) is 0 Å². The average molecular weight is 275 g/mol. The van der Waals surface area contributed by atoms with Gasteiger partial charge in [0.1, 0.15) is 0 Å². The van der Waals surface area contributed by atoms with Gasteiger partial charge in [-0.3, -0.25) is 10.6 Å². The van der Waals surface area contributed by atoms with E-state index < -0.39 is 0 Å². The first-order chi connectivity index (χ1) is 9.52. The Hall–Kier alpha value is -1.55. The van der Waals surface area contributed by atoms with Crippen molar-refractivity contribution in [1.29, 1.82) is 0 Å². The molecule has 1 fully saturated rings. The summed E-state index contributed by atoms with van der Waals surface area (Å²) in [6, 6.07) is 6.10. The van der Waals surface area contributed by atoms with Gasteiger partial charge in [0.05, 0.1) is 5.69 Å². The Kier molecular flexibility index (Phi) is 4.65. The van der Waals surface area contributed by atoms with Crippen LogP contribution < -0.4 is 11.3 Å². The van der Waals surface area contributed by atoms with Crippen molar-refractivity contribution in [3.63, 3.8) is 0 Å². The minimum absolute atomic E-state index is 0.153. The highest BCUT2D eigenvalue weighted by atomic mass is 16.2. The number of rotatable bonds is 6. The van der Waals surface area contributed by atoms with E-state index in [4.69, 9.17) is 5.84 Å². The van der Waals surface area contributed by atoms with Crippen molar-refractivity contribution in [2.45, 2.75) is 46.1 Å². The van der Waals surface area contributed by atoms with Crippen molar-refractivity contribution in [1.82, 2.24) is 4.90 Å². The van der Waals surface area contributed by atoms with Crippen LogP contribution >= 0.6 is 0 Å². The number of carbonyl (C=O) groups excluding carboxylic acids is 1. The van der Waals surface area contributed by atoms with Crippen LogP contribution in [0.2, 0.25) is 0 Å². The van der Waals surface area contributed by atoms with Gasteiger partial charge >= 0.3 is 0 Å². The molecular weight excluding hydrogens is 250 g/mol. The molecule has 2 rings (SSSR count). The summed E-state index contributed by atoms with van der Waals surface area (Å²) in [6.07, 6.45) is 3.35. The van der Waals surface area contributed by atoms with Crippen LogP contribution in [-0.2, 0) is 0 Å². The number of hydrogen-bond donors (Lipinski definition) is 2. The average Bonchev–Trinajstić information content (AvgIpc) is 3.23. The van der Waals surface area contributed by atoms with E-state index in [-0.39, 0.29) is 5.91 Å². The van der Waals surface area contributed by atoms with Crippen molar-refractivity contribution in [3.8, 4) is 0 Å². The van der Waals surface area contributed by atoms with Gasteiger partial charge in [-0.2, -0.15) is 0 Å². The quantitative estimate of drug-likeness (QED) is 0.620. The van der Waals surface area contributed by atoms with Crippen LogP contribution in [0.1, 0.15) is 49.0 Å². The molecule has 1 amide bonds. The maximum Gasteiger partial charge on any atom is 0.254 e. The van der Waals surface area contributed by atoms with Crippen molar-refractivity contribution in [2.75, 3.05) is 12.0 Å². The third-order valence-electron chi connectivity index (χ3n) is 3.82. The van der Waals surface area contributed by atoms with Crippen LogP contribution in [0.25, 0.3) is 0 Å². The molecule has 3 N–H and O–H groups in total. The molecule has 1 aliphatic rings. The Morgan fingerprint density at radius 2 is 2.15 bits per heavy atom. The van der Waals surface area contributed by atoms with Gasteiger partial charge in [0, 0.05) is 18.2 Å². The number of carbonyl (C=O) groups is 1. The zero-order valence-corrected chi connectivity index (χ0v) is 12.6. The lowest BCUT2D eigenvalue weighted by Crippen LogP contribution is -2.34. The number of anilines is 1. The normalized spacial score (nSPS) is 14.4. The molecule has 4 heteroatoms. The summed E-state index contributed by atoms with van der Waals surface area (Å²) in [4.78, 5) is 14.7. The van der Waals surface area contributed by atoms with Gasteiger partial charge in [0.2, 0.25) is 0 Å². The lowest BCUT2D eigenvalue weighted by atomic mass is 10.1. The number of benzene rings is 1. The molecule has 0 atom stereocenters. The monoisotopic (exact) mass is 275 g/mol. The third kappa shape index (κ3) is 3.51. The lowest BCUT2D eigenvalue weighted by Gasteiger charge is -2.24. The largest absolute Gasteiger partial charge is 0.336 e. The molecule has 20 heavy (non-hydrogen) atoms. The fourth-order valence-corrected chi connectivity index (χ4v) is 2.36. The number of hydrogen-bond acceptors (Lipinski definition) is 3. The van der Waals surface area contributed by atoms with Crippen LogP contribution in [0.5, 0.6) is 0 Å². The first kappa shape index (κ1) is 14.9. The van der Waals surface area contributed by atoms with Crippen LogP contribution in [-0.4, -0.2) is 23.4 Å². The number of nitrogens with two attached hydrogens (primary N) is 1. The Bertz CT molecular complexity index is 481. The van der Waals surface area contributed by atoms with E-state index in [1.54, 1.807) is 0 Å². The minimum atomic E-state index is 0.153. The molecule has 1 aliphatic carbocycles. The highest BCUT2D eigenvalue weighted by Gasteiger charge is 2.32. The summed E-state index contributed by atoms with van der Waals surface area (Å²) < 4.78 is 0. The van der Waals surface area contributed by atoms with E-state index in [1.807, 2.05) is 30.0 Å². The Balaban J connectivity index is 2.12. The highest BCUT2D eigenvalue weighted by molar-refractivity contribution is 5.95. The van der Waals surface area contributed by atoms with Crippen LogP contribution in [0, 0.1) is 12.8 Å². The molecule has 0 aliphatic heterocycles. The van der Waals surface area contributed by atoms with E-state index in [9.17, 15) is 4.79 Å². The summed E-state index contributed by atoms with van der Waals surface area (Å²) in [7, 11) is 0. The van der Waals surface area contributed by atoms with Crippen molar-refractivity contribution < 1.29 is 4.79 Å². The summed E-state index contributed by atoms with van der Waals surface area (Å²) in [5.41, 5.74) is 5.26. The molecule has 0 aromatic heterocycles. The van der Waals surface area contributed by atoms with Gasteiger partial charge in [-0.15, -0.1) is 0 Å². The zero-order chi connectivity index (χ0) is 14.7. The van der Waals surface area contributed by atoms with Gasteiger partial charge in [-0.1, -0.05) is 13.8 Å². The summed E-state index contributed by atoms with van der Waals surface area (Å²) in [5.74, 6) is 6.20. The first-order valence-corrected chi connectivity index (χ1v) is 7.41. The van der Waals surface area contributed by atoms with Crippen molar-refractivity contribution in [2.24, 2.45) is 11.8 Å². The minimum Gasteiger partial charge on any atom is -0.336 e. The number of amides is 1. The molecule has 0 unspecified atom stereocenters. The van der Waals surface area contributed by atoms with E-state index in [0.29, 0.717) is 12.0 Å². The predicted octanol–water partition coefficient (Wildman–Crippen LogP) is 2.93. The summed E-state index contributed by atoms with van der Waals surface area (Å²) in [6.45, 7) is 7.21. The van der Waals surface area contributed by atoms with Crippen molar-refractivity contribution >= 4 is 11.6 Å². The fourth-order valence-electron chi connectivity index (χ4n) is 2.36. The second-order valence-corrected chi connectivity index (χ2v) is 6.09. The van der Waals surface area contributed by atoms with Gasteiger partial charge in [-0.05, 0) is 55.9 Å². The predicted molar refractivity (Wildman–Crippen MR) is 82.5 cm³/mol. The number of aryl methyl sites for hydroxylation is 1. The SMILES string of the molecule is Cc1cc(C(=O)N(CCC(C)C)C2CC2)ccc1NN. The maximum atomic E-state index is 12.7. The van der Waals surface area contributed by atoms with E-state index in [0.717, 1.165) is 42.6 Å². The van der Waals surface area contributed by atoms with Crippen LogP contribution in [0.15, 0.2) is 18.2 Å². The first-order valence-electron chi connectivity index (χ1n) is 7.41. The molecule has 0 bridgehead atoms. The Morgan fingerprint density at radius 1 is 1.45 bits per heavy atom. The van der Waals surface area contributed by atoms with E-state index in [2.05, 4.69) is 19.3 Å². The molecule has 4 nitrogen and oxygen atoms in total. The standard InChI is InChI=1S/C16H25N3O/c1-11(2)8-9-19(14-5-6-14)16(20)13-4-7-15(18-17)12(3)10-13/h4,7,10-11,14,18H,5-6,8-9,17H2,1-3H3. The lowest BCUT2D eigenvalue weighted by molar-refractivity contribution is 0.0735. The molecule has 0 spiro atoms. The van der Waals surface area contributed by atoms with Crippen LogP contribution in [0.4, 0.5) is 5.69 Å². The maximum absolute atomic E-state index is 12.7. The van der Waals surface area contributed by atoms with Crippen LogP contribution in [0.3, 0.4) is 0 Å². The molecule has 0 radical (unpaired) electrons. The summed E-state index contributed by atoms with van der Waals surface area (Å²) in [5, 5.41) is 0. The molecule has 1 aromatic rings. The number of nitrogens with one attached hydrogen (secondary N) is 1. The van der Waals surface area contributed by atoms with Crippen molar-refractivity contribution in [3.05, 3.63) is 29.3 Å². The molecule has 110 valence electrons. The van der Waals surface area contributed by atoms with Gasteiger partial charge < -0.3 is 10.3 Å². The second-order valence-electron chi connectivity index (χ2n) is 6.09. The molecular formula is C16H25N3O. The topological polar surface area (TPSA) is 58.4 Å². The molecule has 1 saturated carbocycles. The third-order valence-corrected chi connectivity index (χ3v) is 3.82. The number of nitrogen functional groups attached to an aromatic ring is 1.